The molecular weight excluding hydrogens is 342 g/mol. The molecule has 26 heavy (non-hydrogen) atoms. The van der Waals surface area contributed by atoms with Gasteiger partial charge >= 0.3 is 0 Å². The highest BCUT2D eigenvalue weighted by atomic mass is 16.5. The highest BCUT2D eigenvalue weighted by molar-refractivity contribution is 5.91. The van der Waals surface area contributed by atoms with Crippen LogP contribution >= 0.6 is 0 Å². The second kappa shape index (κ2) is 8.54. The summed E-state index contributed by atoms with van der Waals surface area (Å²) in [6, 6.07) is 2.67. The third-order valence-electron chi connectivity index (χ3n) is 3.74. The molecule has 9 nitrogen and oxygen atoms in total. The summed E-state index contributed by atoms with van der Waals surface area (Å²) < 4.78 is 21.0. The molecule has 0 fully saturated rings. The average Bonchev–Trinajstić information content (AvgIpc) is 3.14. The van der Waals surface area contributed by atoms with Crippen LogP contribution in [0.4, 0.5) is 0 Å². The van der Waals surface area contributed by atoms with Crippen LogP contribution in [-0.4, -0.2) is 43.4 Å². The van der Waals surface area contributed by atoms with Gasteiger partial charge in [-0.25, -0.2) is 4.98 Å². The number of methoxy groups -OCH3 is 3. The quantitative estimate of drug-likeness (QED) is 0.632. The number of benzene rings is 1. The highest BCUT2D eigenvalue weighted by Crippen LogP contribution is 2.38. The summed E-state index contributed by atoms with van der Waals surface area (Å²) in [4.78, 5) is 16.2. The molecule has 0 aliphatic carbocycles. The maximum Gasteiger partial charge on any atom is 0.273 e. The van der Waals surface area contributed by atoms with E-state index in [1.807, 2.05) is 0 Å². The number of nitrogens with one attached hydrogen (secondary N) is 1. The van der Waals surface area contributed by atoms with E-state index in [9.17, 15) is 9.90 Å². The first-order chi connectivity index (χ1) is 12.4. The van der Waals surface area contributed by atoms with Crippen LogP contribution in [0.3, 0.4) is 0 Å². The third-order valence-corrected chi connectivity index (χ3v) is 3.74. The monoisotopic (exact) mass is 365 g/mol. The minimum Gasteiger partial charge on any atom is -0.493 e. The standard InChI is InChI=1S/C17H23N3O6/c1-9(21)14(18)17-20-11(8-26-17)16(22)19-7-10-5-12(23-2)15(25-4)13(6-10)24-3/h5-6,8-9,14,21H,7,18H2,1-4H3,(H,19,22). The van der Waals surface area contributed by atoms with Gasteiger partial charge in [0, 0.05) is 6.54 Å². The average molecular weight is 365 g/mol. The minimum absolute atomic E-state index is 0.0727. The summed E-state index contributed by atoms with van der Waals surface area (Å²) in [7, 11) is 4.55. The summed E-state index contributed by atoms with van der Waals surface area (Å²) in [5.74, 6) is 1.10. The molecule has 1 aromatic carbocycles. The lowest BCUT2D eigenvalue weighted by Crippen LogP contribution is -2.25. The Morgan fingerprint density at radius 2 is 1.88 bits per heavy atom. The third kappa shape index (κ3) is 4.24. The second-order valence-electron chi connectivity index (χ2n) is 5.55. The Morgan fingerprint density at radius 3 is 2.38 bits per heavy atom. The van der Waals surface area contributed by atoms with Crippen molar-refractivity contribution < 1.29 is 28.5 Å². The Morgan fingerprint density at radius 1 is 1.27 bits per heavy atom. The van der Waals surface area contributed by atoms with Gasteiger partial charge in [0.1, 0.15) is 12.3 Å². The van der Waals surface area contributed by atoms with Crippen LogP contribution in [-0.2, 0) is 6.54 Å². The Balaban J connectivity index is 2.10. The lowest BCUT2D eigenvalue weighted by atomic mass is 10.1. The molecule has 0 bridgehead atoms. The van der Waals surface area contributed by atoms with Crippen molar-refractivity contribution in [1.29, 1.82) is 0 Å². The van der Waals surface area contributed by atoms with Gasteiger partial charge in [-0.1, -0.05) is 0 Å². The van der Waals surface area contributed by atoms with Crippen LogP contribution in [0.2, 0.25) is 0 Å². The fourth-order valence-electron chi connectivity index (χ4n) is 2.26. The summed E-state index contributed by atoms with van der Waals surface area (Å²) in [5.41, 5.74) is 6.55. The molecule has 4 N–H and O–H groups in total. The van der Waals surface area contributed by atoms with E-state index in [1.165, 1.54) is 34.5 Å². The Labute approximate surface area is 151 Å². The summed E-state index contributed by atoms with van der Waals surface area (Å²) in [6.07, 6.45) is 0.353. The molecule has 0 saturated carbocycles. The topological polar surface area (TPSA) is 129 Å². The zero-order valence-electron chi connectivity index (χ0n) is 15.1. The van der Waals surface area contributed by atoms with Crippen molar-refractivity contribution in [2.45, 2.75) is 25.6 Å². The van der Waals surface area contributed by atoms with E-state index in [0.717, 1.165) is 5.56 Å². The van der Waals surface area contributed by atoms with Crippen LogP contribution < -0.4 is 25.3 Å². The van der Waals surface area contributed by atoms with Gasteiger partial charge in [-0.3, -0.25) is 4.79 Å². The van der Waals surface area contributed by atoms with E-state index < -0.39 is 18.1 Å². The molecule has 2 rings (SSSR count). The molecule has 2 atom stereocenters. The number of carbonyl (C=O) groups excluding carboxylic acids is 1. The molecule has 0 aliphatic rings. The number of carbonyl (C=O) groups is 1. The molecule has 9 heteroatoms. The molecule has 2 aromatic rings. The lowest BCUT2D eigenvalue weighted by molar-refractivity contribution is 0.0945. The molecule has 0 aliphatic heterocycles. The largest absolute Gasteiger partial charge is 0.493 e. The number of hydrogen-bond acceptors (Lipinski definition) is 8. The maximum atomic E-state index is 12.2. The molecule has 1 amide bonds. The van der Waals surface area contributed by atoms with Gasteiger partial charge in [-0.2, -0.15) is 0 Å². The molecule has 0 spiro atoms. The van der Waals surface area contributed by atoms with Crippen molar-refractivity contribution in [3.63, 3.8) is 0 Å². The van der Waals surface area contributed by atoms with Gasteiger partial charge in [-0.15, -0.1) is 0 Å². The van der Waals surface area contributed by atoms with E-state index >= 15 is 0 Å². The molecule has 1 heterocycles. The van der Waals surface area contributed by atoms with Gasteiger partial charge in [-0.05, 0) is 24.6 Å². The van der Waals surface area contributed by atoms with Crippen molar-refractivity contribution in [1.82, 2.24) is 10.3 Å². The number of aliphatic hydroxyl groups excluding tert-OH is 1. The van der Waals surface area contributed by atoms with E-state index in [1.54, 1.807) is 12.1 Å². The van der Waals surface area contributed by atoms with E-state index in [2.05, 4.69) is 10.3 Å². The Bertz CT molecular complexity index is 734. The van der Waals surface area contributed by atoms with Gasteiger partial charge in [0.2, 0.25) is 11.6 Å². The van der Waals surface area contributed by atoms with Gasteiger partial charge in [0.15, 0.2) is 17.2 Å². The fraction of sp³-hybridized carbons (Fsp3) is 0.412. The van der Waals surface area contributed by atoms with Crippen LogP contribution in [0.25, 0.3) is 0 Å². The SMILES string of the molecule is COc1cc(CNC(=O)c2coc(C(N)C(C)O)n2)cc(OC)c1OC. The molecule has 1 aromatic heterocycles. The summed E-state index contributed by atoms with van der Waals surface area (Å²) >= 11 is 0. The smallest absolute Gasteiger partial charge is 0.273 e. The molecular formula is C17H23N3O6. The van der Waals surface area contributed by atoms with Gasteiger partial charge in [0.25, 0.3) is 5.91 Å². The fourth-order valence-corrected chi connectivity index (χ4v) is 2.26. The van der Waals surface area contributed by atoms with Gasteiger partial charge < -0.3 is 34.8 Å². The first-order valence-corrected chi connectivity index (χ1v) is 7.87. The van der Waals surface area contributed by atoms with Crippen molar-refractivity contribution in [2.24, 2.45) is 5.73 Å². The van der Waals surface area contributed by atoms with Crippen molar-refractivity contribution in [3.05, 3.63) is 35.5 Å². The molecule has 142 valence electrons. The van der Waals surface area contributed by atoms with Crippen LogP contribution in [0.5, 0.6) is 17.2 Å². The van der Waals surface area contributed by atoms with Gasteiger partial charge in [0.05, 0.1) is 27.4 Å². The zero-order valence-corrected chi connectivity index (χ0v) is 15.1. The number of oxazole rings is 1. The van der Waals surface area contributed by atoms with Crippen molar-refractivity contribution in [2.75, 3.05) is 21.3 Å². The number of nitrogens with zero attached hydrogens (tertiary/aromatic N) is 1. The van der Waals surface area contributed by atoms with Crippen molar-refractivity contribution >= 4 is 5.91 Å². The second-order valence-corrected chi connectivity index (χ2v) is 5.55. The number of nitrogens with two attached hydrogens (primary N) is 1. The number of rotatable bonds is 8. The molecule has 0 saturated heterocycles. The molecule has 2 unspecified atom stereocenters. The van der Waals surface area contributed by atoms with E-state index in [4.69, 9.17) is 24.4 Å². The summed E-state index contributed by atoms with van der Waals surface area (Å²) in [6.45, 7) is 1.72. The predicted octanol–water partition coefficient (Wildman–Crippen LogP) is 1.01. The number of aromatic nitrogens is 1. The van der Waals surface area contributed by atoms with E-state index in [-0.39, 0.29) is 18.1 Å². The summed E-state index contributed by atoms with van der Waals surface area (Å²) in [5, 5.41) is 12.2. The Kier molecular flexibility index (Phi) is 6.42. The number of ether oxygens (including phenoxy) is 3. The van der Waals surface area contributed by atoms with Crippen molar-refractivity contribution in [3.8, 4) is 17.2 Å². The first kappa shape index (κ1) is 19.5. The van der Waals surface area contributed by atoms with Crippen LogP contribution in [0.1, 0.15) is 34.9 Å². The molecule has 0 radical (unpaired) electrons. The highest BCUT2D eigenvalue weighted by Gasteiger charge is 2.20. The number of hydrogen-bond donors (Lipinski definition) is 3. The van der Waals surface area contributed by atoms with E-state index in [0.29, 0.717) is 17.2 Å². The minimum atomic E-state index is -0.844. The zero-order chi connectivity index (χ0) is 19.3. The number of aliphatic hydroxyl groups is 1. The predicted molar refractivity (Wildman–Crippen MR) is 92.4 cm³/mol. The first-order valence-electron chi connectivity index (χ1n) is 7.87. The van der Waals surface area contributed by atoms with Crippen LogP contribution in [0.15, 0.2) is 22.8 Å². The maximum absolute atomic E-state index is 12.2. The number of amides is 1. The normalized spacial score (nSPS) is 13.0. The lowest BCUT2D eigenvalue weighted by Gasteiger charge is -2.14. The van der Waals surface area contributed by atoms with Crippen LogP contribution in [0, 0.1) is 0 Å². The Hall–Kier alpha value is -2.78.